The Balaban J connectivity index is 2.20. The quantitative estimate of drug-likeness (QED) is 0.848. The van der Waals surface area contributed by atoms with Gasteiger partial charge in [-0.2, -0.15) is 0 Å². The third-order valence-electron chi connectivity index (χ3n) is 2.10. The smallest absolute Gasteiger partial charge is 0.0931 e. The molecule has 1 atom stereocenters. The van der Waals surface area contributed by atoms with Gasteiger partial charge in [-0.25, -0.2) is 0 Å². The first kappa shape index (κ1) is 13.1. The molecular formula is C11H9BrClNOS2. The van der Waals surface area contributed by atoms with E-state index in [4.69, 9.17) is 17.3 Å². The minimum absolute atomic E-state index is 0.472. The molecular weight excluding hydrogens is 342 g/mol. The van der Waals surface area contributed by atoms with Gasteiger partial charge >= 0.3 is 0 Å². The summed E-state index contributed by atoms with van der Waals surface area (Å²) in [7, 11) is -1.09. The molecule has 0 fully saturated rings. The highest BCUT2D eigenvalue weighted by atomic mass is 79.9. The van der Waals surface area contributed by atoms with Crippen molar-refractivity contribution in [2.45, 2.75) is 10.6 Å². The van der Waals surface area contributed by atoms with Gasteiger partial charge in [0.1, 0.15) is 0 Å². The van der Waals surface area contributed by atoms with Crippen LogP contribution >= 0.6 is 38.9 Å². The van der Waals surface area contributed by atoms with Crippen LogP contribution in [-0.2, 0) is 16.6 Å². The van der Waals surface area contributed by atoms with Crippen LogP contribution in [0.2, 0.25) is 4.34 Å². The number of nitrogens with two attached hydrogens (primary N) is 1. The highest BCUT2D eigenvalue weighted by molar-refractivity contribution is 9.10. The van der Waals surface area contributed by atoms with Crippen molar-refractivity contribution >= 4 is 55.4 Å². The summed E-state index contributed by atoms with van der Waals surface area (Å²) in [6.45, 7) is 0. The number of hydrogen-bond donors (Lipinski definition) is 1. The summed E-state index contributed by atoms with van der Waals surface area (Å²) in [6.07, 6.45) is 0. The third kappa shape index (κ3) is 3.31. The van der Waals surface area contributed by atoms with Crippen molar-refractivity contribution in [2.75, 3.05) is 5.73 Å². The molecule has 90 valence electrons. The first-order valence-electron chi connectivity index (χ1n) is 4.74. The molecule has 0 bridgehead atoms. The van der Waals surface area contributed by atoms with Gasteiger partial charge in [-0.1, -0.05) is 11.6 Å². The second-order valence-corrected chi connectivity index (χ2v) is 7.46. The van der Waals surface area contributed by atoms with Gasteiger partial charge in [-0.05, 0) is 46.3 Å². The minimum atomic E-state index is -1.09. The molecule has 2 rings (SSSR count). The van der Waals surface area contributed by atoms with Crippen molar-refractivity contribution in [3.8, 4) is 0 Å². The van der Waals surface area contributed by atoms with Crippen LogP contribution < -0.4 is 5.73 Å². The van der Waals surface area contributed by atoms with Gasteiger partial charge in [-0.3, -0.25) is 4.21 Å². The second kappa shape index (κ2) is 5.52. The number of rotatable bonds is 3. The van der Waals surface area contributed by atoms with Gasteiger partial charge in [0, 0.05) is 15.0 Å². The lowest BCUT2D eigenvalue weighted by Crippen LogP contribution is -1.96. The molecule has 17 heavy (non-hydrogen) atoms. The molecule has 1 unspecified atom stereocenters. The van der Waals surface area contributed by atoms with E-state index in [9.17, 15) is 4.21 Å². The summed E-state index contributed by atoms with van der Waals surface area (Å²) in [5, 5.41) is 0. The second-order valence-electron chi connectivity index (χ2n) is 3.39. The number of benzene rings is 1. The van der Waals surface area contributed by atoms with Crippen LogP contribution in [-0.4, -0.2) is 4.21 Å². The van der Waals surface area contributed by atoms with Crippen LogP contribution in [0.15, 0.2) is 39.7 Å². The monoisotopic (exact) mass is 349 g/mol. The Kier molecular flexibility index (Phi) is 4.25. The molecule has 0 aliphatic carbocycles. The molecule has 0 amide bonds. The molecule has 0 radical (unpaired) electrons. The van der Waals surface area contributed by atoms with E-state index in [0.717, 1.165) is 14.2 Å². The number of thiophene rings is 1. The van der Waals surface area contributed by atoms with Gasteiger partial charge in [0.2, 0.25) is 0 Å². The topological polar surface area (TPSA) is 43.1 Å². The fraction of sp³-hybridized carbons (Fsp3) is 0.0909. The molecule has 6 heteroatoms. The maximum Gasteiger partial charge on any atom is 0.0931 e. The SMILES string of the molecule is Nc1ccc(S(=O)Cc2ccc(Cl)s2)c(Br)c1. The van der Waals surface area contributed by atoms with Crippen LogP contribution in [0.3, 0.4) is 0 Å². The standard InChI is InChI=1S/C11H9BrClNOS2/c12-9-5-7(14)1-3-10(9)17(15)6-8-2-4-11(13)16-8/h1-5H,6,14H2. The maximum absolute atomic E-state index is 12.2. The molecule has 2 N–H and O–H groups in total. The Morgan fingerprint density at radius 3 is 2.71 bits per heavy atom. The van der Waals surface area contributed by atoms with Crippen molar-refractivity contribution in [1.82, 2.24) is 0 Å². The lowest BCUT2D eigenvalue weighted by atomic mass is 10.3. The first-order chi connectivity index (χ1) is 8.06. The van der Waals surface area contributed by atoms with Crippen LogP contribution in [0.5, 0.6) is 0 Å². The third-order valence-corrected chi connectivity index (χ3v) is 5.86. The van der Waals surface area contributed by atoms with Crippen LogP contribution in [0, 0.1) is 0 Å². The maximum atomic E-state index is 12.2. The predicted molar refractivity (Wildman–Crippen MR) is 78.0 cm³/mol. The Morgan fingerprint density at radius 1 is 1.35 bits per heavy atom. The van der Waals surface area contributed by atoms with E-state index in [1.165, 1.54) is 11.3 Å². The van der Waals surface area contributed by atoms with Crippen LogP contribution in [0.1, 0.15) is 4.88 Å². The average Bonchev–Trinajstić information content (AvgIpc) is 2.63. The molecule has 0 aliphatic rings. The van der Waals surface area contributed by atoms with Crippen molar-refractivity contribution in [1.29, 1.82) is 0 Å². The molecule has 1 heterocycles. The number of nitrogen functional groups attached to an aromatic ring is 1. The molecule has 1 aromatic carbocycles. The Bertz CT molecular complexity index is 570. The zero-order valence-corrected chi connectivity index (χ0v) is 12.6. The lowest BCUT2D eigenvalue weighted by Gasteiger charge is -2.04. The fourth-order valence-corrected chi connectivity index (χ4v) is 4.72. The van der Waals surface area contributed by atoms with Gasteiger partial charge in [0.15, 0.2) is 0 Å². The summed E-state index contributed by atoms with van der Waals surface area (Å²) < 4.78 is 13.7. The Morgan fingerprint density at radius 2 is 2.12 bits per heavy atom. The van der Waals surface area contributed by atoms with Crippen molar-refractivity contribution in [2.24, 2.45) is 0 Å². The molecule has 2 nitrogen and oxygen atoms in total. The summed E-state index contributed by atoms with van der Waals surface area (Å²) in [4.78, 5) is 1.76. The van der Waals surface area contributed by atoms with Gasteiger partial charge < -0.3 is 5.73 Å². The van der Waals surface area contributed by atoms with Gasteiger partial charge in [-0.15, -0.1) is 11.3 Å². The summed E-state index contributed by atoms with van der Waals surface area (Å²) in [5.41, 5.74) is 6.29. The highest BCUT2D eigenvalue weighted by Gasteiger charge is 2.10. The zero-order valence-electron chi connectivity index (χ0n) is 8.65. The molecule has 1 aromatic heterocycles. The van der Waals surface area contributed by atoms with Gasteiger partial charge in [0.25, 0.3) is 0 Å². The van der Waals surface area contributed by atoms with E-state index in [2.05, 4.69) is 15.9 Å². The van der Waals surface area contributed by atoms with E-state index in [1.54, 1.807) is 18.2 Å². The molecule has 0 spiro atoms. The Hall–Kier alpha value is -0.360. The van der Waals surface area contributed by atoms with Crippen molar-refractivity contribution < 1.29 is 4.21 Å². The van der Waals surface area contributed by atoms with E-state index >= 15 is 0 Å². The number of halogens is 2. The average molecular weight is 351 g/mol. The predicted octanol–water partition coefficient (Wildman–Crippen LogP) is 4.05. The molecule has 0 saturated heterocycles. The largest absolute Gasteiger partial charge is 0.399 e. The van der Waals surface area contributed by atoms with Crippen molar-refractivity contribution in [3.63, 3.8) is 0 Å². The van der Waals surface area contributed by atoms with Crippen molar-refractivity contribution in [3.05, 3.63) is 44.0 Å². The van der Waals surface area contributed by atoms with E-state index in [1.807, 2.05) is 12.1 Å². The minimum Gasteiger partial charge on any atom is -0.399 e. The Labute approximate surface area is 119 Å². The van der Waals surface area contributed by atoms with E-state index in [0.29, 0.717) is 15.8 Å². The number of anilines is 1. The summed E-state index contributed by atoms with van der Waals surface area (Å²) >= 11 is 10.7. The van der Waals surface area contributed by atoms with Crippen LogP contribution in [0.25, 0.3) is 0 Å². The van der Waals surface area contributed by atoms with Crippen LogP contribution in [0.4, 0.5) is 5.69 Å². The molecule has 0 saturated carbocycles. The zero-order chi connectivity index (χ0) is 12.4. The fourth-order valence-electron chi connectivity index (χ4n) is 1.34. The lowest BCUT2D eigenvalue weighted by molar-refractivity contribution is 0.682. The molecule has 2 aromatic rings. The van der Waals surface area contributed by atoms with E-state index < -0.39 is 10.8 Å². The summed E-state index contributed by atoms with van der Waals surface area (Å²) in [5.74, 6) is 0.472. The highest BCUT2D eigenvalue weighted by Crippen LogP contribution is 2.27. The number of hydrogen-bond acceptors (Lipinski definition) is 3. The van der Waals surface area contributed by atoms with E-state index in [-0.39, 0.29) is 0 Å². The summed E-state index contributed by atoms with van der Waals surface area (Å²) in [6, 6.07) is 9.01. The molecule has 0 aliphatic heterocycles. The normalized spacial score (nSPS) is 12.6. The van der Waals surface area contributed by atoms with Gasteiger partial charge in [0.05, 0.1) is 25.8 Å². The first-order valence-corrected chi connectivity index (χ1v) is 8.04.